The summed E-state index contributed by atoms with van der Waals surface area (Å²) >= 11 is 1.40. The molecule has 1 amide bonds. The lowest BCUT2D eigenvalue weighted by Gasteiger charge is -2.44. The number of nitrogens with zero attached hydrogens (tertiary/aromatic N) is 3. The van der Waals surface area contributed by atoms with Gasteiger partial charge in [-0.05, 0) is 25.4 Å². The van der Waals surface area contributed by atoms with Gasteiger partial charge in [-0.3, -0.25) is 9.69 Å². The van der Waals surface area contributed by atoms with Crippen molar-refractivity contribution in [2.24, 2.45) is 0 Å². The maximum absolute atomic E-state index is 12.1. The van der Waals surface area contributed by atoms with Crippen LogP contribution in [-0.2, 0) is 4.79 Å². The normalized spacial score (nSPS) is 24.5. The van der Waals surface area contributed by atoms with E-state index in [0.29, 0.717) is 6.04 Å². The summed E-state index contributed by atoms with van der Waals surface area (Å²) in [4.78, 5) is 16.5. The first-order valence-electron chi connectivity index (χ1n) is 5.92. The highest BCUT2D eigenvalue weighted by molar-refractivity contribution is 7.04. The van der Waals surface area contributed by atoms with Gasteiger partial charge in [0, 0.05) is 31.1 Å². The summed E-state index contributed by atoms with van der Waals surface area (Å²) in [5.74, 6) is 1.05. The Labute approximate surface area is 105 Å². The number of aromatic nitrogens is 1. The fourth-order valence-electron chi connectivity index (χ4n) is 2.49. The van der Waals surface area contributed by atoms with Gasteiger partial charge < -0.3 is 10.2 Å². The van der Waals surface area contributed by atoms with Crippen LogP contribution in [0, 0.1) is 0 Å². The lowest BCUT2D eigenvalue weighted by atomic mass is 10.1. The molecule has 1 N–H and O–H groups in total. The zero-order valence-corrected chi connectivity index (χ0v) is 10.8. The molecule has 1 aromatic heterocycles. The smallest absolute Gasteiger partial charge is 0.248 e. The van der Waals surface area contributed by atoms with E-state index in [1.807, 2.05) is 5.38 Å². The molecule has 0 aromatic carbocycles. The van der Waals surface area contributed by atoms with Gasteiger partial charge in [0.15, 0.2) is 5.82 Å². The number of amides is 1. The summed E-state index contributed by atoms with van der Waals surface area (Å²) in [6, 6.07) is 0.405. The minimum atomic E-state index is -0.0826. The predicted octanol–water partition coefficient (Wildman–Crippen LogP) is 0.994. The third kappa shape index (κ3) is 1.71. The summed E-state index contributed by atoms with van der Waals surface area (Å²) in [5, 5.41) is 4.84. The van der Waals surface area contributed by atoms with Gasteiger partial charge >= 0.3 is 0 Å². The summed E-state index contributed by atoms with van der Waals surface area (Å²) in [6.45, 7) is 7.02. The number of fused-ring (bicyclic) bond motifs is 3. The molecule has 2 aliphatic rings. The Bertz CT molecular complexity index is 444. The van der Waals surface area contributed by atoms with Gasteiger partial charge in [-0.2, -0.15) is 4.37 Å². The summed E-state index contributed by atoms with van der Waals surface area (Å²) in [5.41, 5.74) is 0.870. The van der Waals surface area contributed by atoms with E-state index in [0.717, 1.165) is 31.1 Å². The van der Waals surface area contributed by atoms with E-state index in [9.17, 15) is 4.79 Å². The number of anilines is 2. The average molecular weight is 252 g/mol. The van der Waals surface area contributed by atoms with Gasteiger partial charge in [0.25, 0.3) is 0 Å². The SMILES string of the molecule is CC(C)N1CCN2c3nscc3NC(=O)[C@H]2C1. The molecule has 1 fully saturated rings. The monoisotopic (exact) mass is 252 g/mol. The molecule has 17 heavy (non-hydrogen) atoms. The average Bonchev–Trinajstić information content (AvgIpc) is 2.76. The molecule has 2 aliphatic heterocycles. The zero-order valence-electron chi connectivity index (χ0n) is 10.0. The van der Waals surface area contributed by atoms with Crippen molar-refractivity contribution < 1.29 is 4.79 Å². The maximum atomic E-state index is 12.1. The van der Waals surface area contributed by atoms with Crippen molar-refractivity contribution in [1.29, 1.82) is 0 Å². The molecular weight excluding hydrogens is 236 g/mol. The van der Waals surface area contributed by atoms with Gasteiger partial charge in [0.1, 0.15) is 6.04 Å². The van der Waals surface area contributed by atoms with Crippen molar-refractivity contribution >= 4 is 28.9 Å². The summed E-state index contributed by atoms with van der Waals surface area (Å²) in [6.07, 6.45) is 0. The second kappa shape index (κ2) is 3.96. The number of hydrogen-bond donors (Lipinski definition) is 1. The van der Waals surface area contributed by atoms with E-state index < -0.39 is 0 Å². The molecule has 92 valence electrons. The molecule has 0 aliphatic carbocycles. The van der Waals surface area contributed by atoms with Crippen LogP contribution in [0.4, 0.5) is 11.5 Å². The Kier molecular flexibility index (Phi) is 2.56. The topological polar surface area (TPSA) is 48.5 Å². The van der Waals surface area contributed by atoms with Crippen molar-refractivity contribution in [2.75, 3.05) is 29.9 Å². The second-order valence-electron chi connectivity index (χ2n) is 4.84. The Morgan fingerprint density at radius 3 is 3.12 bits per heavy atom. The first-order chi connectivity index (χ1) is 8.16. The van der Waals surface area contributed by atoms with Gasteiger partial charge in [-0.1, -0.05) is 0 Å². The van der Waals surface area contributed by atoms with Crippen LogP contribution in [0.1, 0.15) is 13.8 Å². The fourth-order valence-corrected chi connectivity index (χ4v) is 3.12. The first kappa shape index (κ1) is 11.0. The number of rotatable bonds is 1. The largest absolute Gasteiger partial charge is 0.339 e. The Balaban J connectivity index is 1.88. The number of carbonyl (C=O) groups is 1. The van der Waals surface area contributed by atoms with Gasteiger partial charge in [-0.25, -0.2) is 0 Å². The molecule has 0 saturated carbocycles. The molecule has 0 radical (unpaired) electrons. The van der Waals surface area contributed by atoms with Crippen molar-refractivity contribution in [3.63, 3.8) is 0 Å². The maximum Gasteiger partial charge on any atom is 0.248 e. The molecule has 0 spiro atoms. The minimum Gasteiger partial charge on any atom is -0.339 e. The predicted molar refractivity (Wildman–Crippen MR) is 68.6 cm³/mol. The van der Waals surface area contributed by atoms with Crippen LogP contribution in [0.5, 0.6) is 0 Å². The van der Waals surface area contributed by atoms with Crippen LogP contribution in [0.25, 0.3) is 0 Å². The Morgan fingerprint density at radius 2 is 2.35 bits per heavy atom. The third-order valence-electron chi connectivity index (χ3n) is 3.53. The second-order valence-corrected chi connectivity index (χ2v) is 5.47. The molecule has 6 heteroatoms. The molecular formula is C11H16N4OS. The van der Waals surface area contributed by atoms with Crippen LogP contribution >= 0.6 is 11.5 Å². The highest BCUT2D eigenvalue weighted by atomic mass is 32.1. The van der Waals surface area contributed by atoms with Crippen LogP contribution in [-0.4, -0.2) is 46.9 Å². The molecule has 1 saturated heterocycles. The molecule has 5 nitrogen and oxygen atoms in total. The van der Waals surface area contributed by atoms with Crippen molar-refractivity contribution in [3.8, 4) is 0 Å². The van der Waals surface area contributed by atoms with Crippen LogP contribution in [0.3, 0.4) is 0 Å². The van der Waals surface area contributed by atoms with Crippen LogP contribution < -0.4 is 10.2 Å². The van der Waals surface area contributed by atoms with Crippen molar-refractivity contribution in [3.05, 3.63) is 5.38 Å². The van der Waals surface area contributed by atoms with E-state index in [1.54, 1.807) is 0 Å². The number of hydrogen-bond acceptors (Lipinski definition) is 5. The molecule has 0 bridgehead atoms. The third-order valence-corrected chi connectivity index (χ3v) is 4.14. The van der Waals surface area contributed by atoms with E-state index in [1.165, 1.54) is 11.5 Å². The first-order valence-corrected chi connectivity index (χ1v) is 6.76. The van der Waals surface area contributed by atoms with Crippen molar-refractivity contribution in [2.45, 2.75) is 25.9 Å². The summed E-state index contributed by atoms with van der Waals surface area (Å²) < 4.78 is 4.38. The molecule has 3 heterocycles. The van der Waals surface area contributed by atoms with Gasteiger partial charge in [0.2, 0.25) is 5.91 Å². The highest BCUT2D eigenvalue weighted by Gasteiger charge is 2.39. The minimum absolute atomic E-state index is 0.0826. The van der Waals surface area contributed by atoms with E-state index in [-0.39, 0.29) is 11.9 Å². The van der Waals surface area contributed by atoms with Gasteiger partial charge in [-0.15, -0.1) is 0 Å². The van der Waals surface area contributed by atoms with E-state index in [2.05, 4.69) is 33.3 Å². The molecule has 1 aromatic rings. The molecule has 1 atom stereocenters. The highest BCUT2D eigenvalue weighted by Crippen LogP contribution is 2.33. The lowest BCUT2D eigenvalue weighted by Crippen LogP contribution is -2.61. The van der Waals surface area contributed by atoms with Crippen LogP contribution in [0.15, 0.2) is 5.38 Å². The molecule has 0 unspecified atom stereocenters. The van der Waals surface area contributed by atoms with E-state index >= 15 is 0 Å². The van der Waals surface area contributed by atoms with Crippen LogP contribution in [0.2, 0.25) is 0 Å². The van der Waals surface area contributed by atoms with Crippen molar-refractivity contribution in [1.82, 2.24) is 9.27 Å². The number of piperazine rings is 1. The van der Waals surface area contributed by atoms with Gasteiger partial charge in [0.05, 0.1) is 5.69 Å². The summed E-state index contributed by atoms with van der Waals surface area (Å²) in [7, 11) is 0. The van der Waals surface area contributed by atoms with E-state index in [4.69, 9.17) is 0 Å². The molecule has 3 rings (SSSR count). The lowest BCUT2D eigenvalue weighted by molar-refractivity contribution is -0.118. The fraction of sp³-hybridized carbons (Fsp3) is 0.636. The zero-order chi connectivity index (χ0) is 12.0. The number of carbonyl (C=O) groups excluding carboxylic acids is 1. The Morgan fingerprint density at radius 1 is 1.53 bits per heavy atom. The Hall–Kier alpha value is -1.14. The number of nitrogens with one attached hydrogen (secondary N) is 1. The standard InChI is InChI=1S/C11H16N4OS/c1-7(2)14-3-4-15-9(5-14)11(16)12-8-6-17-13-10(8)15/h6-7,9H,3-5H2,1-2H3,(H,12,16)/t9-/m1/s1. The quantitative estimate of drug-likeness (QED) is 0.810.